The van der Waals surface area contributed by atoms with Crippen molar-refractivity contribution in [3.8, 4) is 0 Å². The van der Waals surface area contributed by atoms with Crippen LogP contribution in [0.15, 0.2) is 15.4 Å². The summed E-state index contributed by atoms with van der Waals surface area (Å²) >= 11 is 0. The van der Waals surface area contributed by atoms with E-state index in [4.69, 9.17) is 4.42 Å². The minimum Gasteiger partial charge on any atom is -0.443 e. The quantitative estimate of drug-likeness (QED) is 0.743. The van der Waals surface area contributed by atoms with Gasteiger partial charge >= 0.3 is 0 Å². The molecule has 1 fully saturated rings. The van der Waals surface area contributed by atoms with E-state index in [0.717, 1.165) is 41.9 Å². The second-order valence-electron chi connectivity index (χ2n) is 6.96. The lowest BCUT2D eigenvalue weighted by atomic mass is 9.96. The Labute approximate surface area is 156 Å². The van der Waals surface area contributed by atoms with E-state index >= 15 is 0 Å². The molecule has 0 saturated carbocycles. The molecule has 9 heteroatoms. The first-order chi connectivity index (χ1) is 13.0. The zero-order chi connectivity index (χ0) is 19.0. The molecule has 4 heterocycles. The molecule has 1 amide bonds. The number of fused-ring (bicyclic) bond motifs is 1. The fourth-order valence-corrected chi connectivity index (χ4v) is 3.51. The van der Waals surface area contributed by atoms with Gasteiger partial charge in [0.15, 0.2) is 0 Å². The molecule has 1 saturated heterocycles. The number of nitrogens with zero attached hydrogens (tertiary/aromatic N) is 5. The number of aryl methyl sites for hydroxylation is 3. The van der Waals surface area contributed by atoms with Gasteiger partial charge in [-0.1, -0.05) is 10.3 Å². The van der Waals surface area contributed by atoms with E-state index in [1.54, 1.807) is 6.92 Å². The van der Waals surface area contributed by atoms with E-state index in [2.05, 4.69) is 35.1 Å². The van der Waals surface area contributed by atoms with Crippen molar-refractivity contribution in [2.45, 2.75) is 40.2 Å². The number of piperidine rings is 1. The summed E-state index contributed by atoms with van der Waals surface area (Å²) in [7, 11) is 0. The molecule has 0 aliphatic carbocycles. The summed E-state index contributed by atoms with van der Waals surface area (Å²) in [5.41, 5.74) is 2.98. The molecule has 9 nitrogen and oxygen atoms in total. The highest BCUT2D eigenvalue weighted by Crippen LogP contribution is 2.32. The highest BCUT2D eigenvalue weighted by molar-refractivity contribution is 5.90. The maximum absolute atomic E-state index is 12.6. The molecule has 0 bridgehead atoms. The lowest BCUT2D eigenvalue weighted by molar-refractivity contribution is -0.125. The Morgan fingerprint density at radius 3 is 2.93 bits per heavy atom. The van der Waals surface area contributed by atoms with Gasteiger partial charge in [0, 0.05) is 18.7 Å². The summed E-state index contributed by atoms with van der Waals surface area (Å²) in [6.07, 6.45) is 3.28. The van der Waals surface area contributed by atoms with Crippen LogP contribution in [0.4, 0.5) is 5.82 Å². The number of anilines is 1. The van der Waals surface area contributed by atoms with Crippen molar-refractivity contribution in [3.63, 3.8) is 0 Å². The Morgan fingerprint density at radius 1 is 1.30 bits per heavy atom. The number of nitrogens with one attached hydrogen (secondary N) is 1. The summed E-state index contributed by atoms with van der Waals surface area (Å²) in [4.78, 5) is 23.5. The molecular weight excluding hydrogens is 348 g/mol. The van der Waals surface area contributed by atoms with Gasteiger partial charge in [-0.25, -0.2) is 14.6 Å². The molecule has 3 aromatic rings. The van der Waals surface area contributed by atoms with Crippen molar-refractivity contribution >= 4 is 22.8 Å². The Balaban J connectivity index is 1.50. The number of hydrogen-bond donors (Lipinski definition) is 1. The van der Waals surface area contributed by atoms with Crippen LogP contribution in [0.25, 0.3) is 11.1 Å². The van der Waals surface area contributed by atoms with Gasteiger partial charge < -0.3 is 14.6 Å². The Hall–Kier alpha value is -2.97. The summed E-state index contributed by atoms with van der Waals surface area (Å²) in [5.74, 6) is 1.57. The zero-order valence-corrected chi connectivity index (χ0v) is 15.7. The van der Waals surface area contributed by atoms with Crippen LogP contribution in [-0.4, -0.2) is 39.3 Å². The van der Waals surface area contributed by atoms with Crippen molar-refractivity contribution < 1.29 is 13.8 Å². The zero-order valence-electron chi connectivity index (χ0n) is 15.7. The number of carbonyl (C=O) groups is 1. The second kappa shape index (κ2) is 6.98. The van der Waals surface area contributed by atoms with Crippen LogP contribution in [-0.2, 0) is 11.3 Å². The molecule has 1 atom stereocenters. The topological polar surface area (TPSA) is 110 Å². The summed E-state index contributed by atoms with van der Waals surface area (Å²) in [6.45, 7) is 7.52. The molecule has 1 N–H and O–H groups in total. The highest BCUT2D eigenvalue weighted by atomic mass is 16.6. The maximum Gasteiger partial charge on any atom is 0.231 e. The Morgan fingerprint density at radius 2 is 2.15 bits per heavy atom. The van der Waals surface area contributed by atoms with Crippen molar-refractivity contribution in [2.24, 2.45) is 5.92 Å². The fraction of sp³-hybridized carbons (Fsp3) is 0.500. The Kier molecular flexibility index (Phi) is 4.51. The van der Waals surface area contributed by atoms with E-state index < -0.39 is 0 Å². The first-order valence-electron chi connectivity index (χ1n) is 9.06. The van der Waals surface area contributed by atoms with Crippen LogP contribution in [0.3, 0.4) is 0 Å². The molecule has 142 valence electrons. The third kappa shape index (κ3) is 3.24. The van der Waals surface area contributed by atoms with Crippen molar-refractivity contribution in [2.75, 3.05) is 18.0 Å². The van der Waals surface area contributed by atoms with Gasteiger partial charge in [-0.05, 0) is 33.6 Å². The molecule has 27 heavy (non-hydrogen) atoms. The van der Waals surface area contributed by atoms with E-state index in [9.17, 15) is 4.79 Å². The van der Waals surface area contributed by atoms with Crippen molar-refractivity contribution in [3.05, 3.63) is 29.0 Å². The van der Waals surface area contributed by atoms with Crippen LogP contribution in [0.2, 0.25) is 0 Å². The summed E-state index contributed by atoms with van der Waals surface area (Å²) in [6, 6.07) is 0. The number of rotatable bonds is 4. The average molecular weight is 370 g/mol. The lowest BCUT2D eigenvalue weighted by Crippen LogP contribution is -2.43. The van der Waals surface area contributed by atoms with Gasteiger partial charge in [0.2, 0.25) is 11.6 Å². The second-order valence-corrected chi connectivity index (χ2v) is 6.96. The van der Waals surface area contributed by atoms with E-state index in [1.807, 2.05) is 13.8 Å². The molecule has 1 aliphatic heterocycles. The van der Waals surface area contributed by atoms with Gasteiger partial charge in [-0.15, -0.1) is 0 Å². The van der Waals surface area contributed by atoms with Gasteiger partial charge in [0.25, 0.3) is 0 Å². The SMILES string of the molecule is Cc1nonc1CNC(=O)C1CCCN(c2ncnc3oc(C)c(C)c23)C1. The van der Waals surface area contributed by atoms with Gasteiger partial charge in [-0.3, -0.25) is 4.79 Å². The number of amides is 1. The van der Waals surface area contributed by atoms with Crippen molar-refractivity contribution in [1.29, 1.82) is 0 Å². The number of hydrogen-bond acceptors (Lipinski definition) is 8. The third-order valence-electron chi connectivity index (χ3n) is 5.21. The van der Waals surface area contributed by atoms with Gasteiger partial charge in [-0.2, -0.15) is 0 Å². The van der Waals surface area contributed by atoms with E-state index in [1.165, 1.54) is 6.33 Å². The monoisotopic (exact) mass is 370 g/mol. The van der Waals surface area contributed by atoms with Crippen LogP contribution in [0, 0.1) is 26.7 Å². The first kappa shape index (κ1) is 17.4. The summed E-state index contributed by atoms with van der Waals surface area (Å²) in [5, 5.41) is 11.4. The van der Waals surface area contributed by atoms with Crippen molar-refractivity contribution in [1.82, 2.24) is 25.6 Å². The van der Waals surface area contributed by atoms with E-state index in [0.29, 0.717) is 30.2 Å². The van der Waals surface area contributed by atoms with Crippen LogP contribution in [0.5, 0.6) is 0 Å². The van der Waals surface area contributed by atoms with Crippen LogP contribution < -0.4 is 10.2 Å². The normalized spacial score (nSPS) is 17.4. The largest absolute Gasteiger partial charge is 0.443 e. The third-order valence-corrected chi connectivity index (χ3v) is 5.21. The standard InChI is InChI=1S/C18H22N6O3/c1-10-12(3)26-18-15(10)16(20-9-21-18)24-6-4-5-13(8-24)17(25)19-7-14-11(2)22-27-23-14/h9,13H,4-8H2,1-3H3,(H,19,25). The first-order valence-corrected chi connectivity index (χ1v) is 9.06. The van der Waals surface area contributed by atoms with Crippen LogP contribution >= 0.6 is 0 Å². The molecule has 0 spiro atoms. The predicted molar refractivity (Wildman–Crippen MR) is 97.1 cm³/mol. The molecule has 1 aliphatic rings. The fourth-order valence-electron chi connectivity index (χ4n) is 3.51. The molecule has 3 aromatic heterocycles. The molecule has 4 rings (SSSR count). The summed E-state index contributed by atoms with van der Waals surface area (Å²) < 4.78 is 10.4. The molecule has 1 unspecified atom stereocenters. The number of furan rings is 1. The smallest absolute Gasteiger partial charge is 0.231 e. The predicted octanol–water partition coefficient (Wildman–Crippen LogP) is 2.06. The highest BCUT2D eigenvalue weighted by Gasteiger charge is 2.28. The van der Waals surface area contributed by atoms with Gasteiger partial charge in [0.1, 0.15) is 29.3 Å². The Bertz CT molecular complexity index is 979. The lowest BCUT2D eigenvalue weighted by Gasteiger charge is -2.33. The number of aromatic nitrogens is 4. The minimum atomic E-state index is -0.114. The van der Waals surface area contributed by atoms with Crippen LogP contribution in [0.1, 0.15) is 35.6 Å². The average Bonchev–Trinajstić information content (AvgIpc) is 3.22. The van der Waals surface area contributed by atoms with E-state index in [-0.39, 0.29) is 11.8 Å². The maximum atomic E-state index is 12.6. The molecule has 0 aromatic carbocycles. The number of carbonyl (C=O) groups excluding carboxylic acids is 1. The minimum absolute atomic E-state index is 0.00694. The molecule has 0 radical (unpaired) electrons. The van der Waals surface area contributed by atoms with Gasteiger partial charge in [0.05, 0.1) is 17.8 Å². The molecular formula is C18H22N6O3.